The van der Waals surface area contributed by atoms with Crippen molar-refractivity contribution in [2.75, 3.05) is 6.61 Å². The number of para-hydroxylation sites is 2. The minimum absolute atomic E-state index is 0.0782. The number of ether oxygens (including phenoxy) is 1. The predicted molar refractivity (Wildman–Crippen MR) is 118 cm³/mol. The lowest BCUT2D eigenvalue weighted by Gasteiger charge is -2.07. The van der Waals surface area contributed by atoms with Crippen LogP contribution in [0.25, 0.3) is 21.8 Å². The monoisotopic (exact) mass is 385 g/mol. The van der Waals surface area contributed by atoms with Crippen LogP contribution in [-0.4, -0.2) is 23.3 Å². The number of aryl methyl sites for hydroxylation is 2. The molecule has 0 radical (unpaired) electrons. The van der Waals surface area contributed by atoms with Crippen LogP contribution in [0.1, 0.15) is 18.1 Å². The van der Waals surface area contributed by atoms with E-state index in [0.29, 0.717) is 5.75 Å². The van der Waals surface area contributed by atoms with E-state index in [9.17, 15) is 4.79 Å². The first-order chi connectivity index (χ1) is 14.2. The van der Waals surface area contributed by atoms with E-state index in [1.54, 1.807) is 6.21 Å². The summed E-state index contributed by atoms with van der Waals surface area (Å²) in [7, 11) is 0. The van der Waals surface area contributed by atoms with Crippen LogP contribution < -0.4 is 10.2 Å². The Morgan fingerprint density at radius 2 is 1.79 bits per heavy atom. The number of carbonyl (C=O) groups excluding carboxylic acids is 1. The third-order valence-electron chi connectivity index (χ3n) is 4.97. The molecule has 1 aromatic heterocycles. The molecular weight excluding hydrogens is 362 g/mol. The van der Waals surface area contributed by atoms with Crippen molar-refractivity contribution in [2.24, 2.45) is 5.10 Å². The SMILES string of the molecule is CCn1c2ccccc2c2cc(/C=N/NC(=O)COc3ccccc3C)ccc21. The van der Waals surface area contributed by atoms with Crippen LogP contribution in [0.5, 0.6) is 5.75 Å². The maximum atomic E-state index is 12.0. The summed E-state index contributed by atoms with van der Waals surface area (Å²) in [5.74, 6) is 0.401. The summed E-state index contributed by atoms with van der Waals surface area (Å²) >= 11 is 0. The van der Waals surface area contributed by atoms with Crippen LogP contribution in [0, 0.1) is 6.92 Å². The number of fused-ring (bicyclic) bond motifs is 3. The Labute approximate surface area is 169 Å². The van der Waals surface area contributed by atoms with E-state index >= 15 is 0 Å². The third kappa shape index (κ3) is 3.85. The van der Waals surface area contributed by atoms with E-state index in [2.05, 4.69) is 58.4 Å². The molecule has 0 aliphatic heterocycles. The van der Waals surface area contributed by atoms with Gasteiger partial charge in [0.05, 0.1) is 6.21 Å². The number of carbonyl (C=O) groups is 1. The zero-order valence-electron chi connectivity index (χ0n) is 16.6. The fourth-order valence-corrected chi connectivity index (χ4v) is 3.57. The fourth-order valence-electron chi connectivity index (χ4n) is 3.57. The number of benzene rings is 3. The largest absolute Gasteiger partial charge is 0.483 e. The van der Waals surface area contributed by atoms with Crippen LogP contribution >= 0.6 is 0 Å². The molecule has 0 unspecified atom stereocenters. The summed E-state index contributed by atoms with van der Waals surface area (Å²) in [6, 6.07) is 22.2. The van der Waals surface area contributed by atoms with Crippen molar-refractivity contribution in [2.45, 2.75) is 20.4 Å². The molecule has 4 rings (SSSR count). The van der Waals surface area contributed by atoms with Gasteiger partial charge in [-0.25, -0.2) is 5.43 Å². The normalized spacial score (nSPS) is 11.4. The van der Waals surface area contributed by atoms with Crippen molar-refractivity contribution in [3.05, 3.63) is 77.9 Å². The van der Waals surface area contributed by atoms with Gasteiger partial charge in [-0.05, 0) is 49.2 Å². The van der Waals surface area contributed by atoms with Crippen molar-refractivity contribution in [1.82, 2.24) is 9.99 Å². The highest BCUT2D eigenvalue weighted by Crippen LogP contribution is 2.29. The number of rotatable bonds is 6. The van der Waals surface area contributed by atoms with Gasteiger partial charge >= 0.3 is 0 Å². The number of nitrogens with one attached hydrogen (secondary N) is 1. The highest BCUT2D eigenvalue weighted by molar-refractivity contribution is 6.09. The number of nitrogens with zero attached hydrogens (tertiary/aromatic N) is 2. The van der Waals surface area contributed by atoms with Crippen LogP contribution in [0.2, 0.25) is 0 Å². The first-order valence-corrected chi connectivity index (χ1v) is 9.68. The van der Waals surface area contributed by atoms with Gasteiger partial charge in [-0.1, -0.05) is 42.5 Å². The van der Waals surface area contributed by atoms with Crippen LogP contribution in [0.15, 0.2) is 71.8 Å². The Hall–Kier alpha value is -3.60. The first kappa shape index (κ1) is 18.7. The summed E-state index contributed by atoms with van der Waals surface area (Å²) in [4.78, 5) is 12.0. The zero-order chi connectivity index (χ0) is 20.2. The number of aromatic nitrogens is 1. The number of amides is 1. The standard InChI is InChI=1S/C24H23N3O2/c1-3-27-21-10-6-5-9-19(21)20-14-18(12-13-22(20)27)15-25-26-24(28)16-29-23-11-7-4-8-17(23)2/h4-15H,3,16H2,1-2H3,(H,26,28)/b25-15+. The molecule has 0 aliphatic carbocycles. The Morgan fingerprint density at radius 3 is 2.62 bits per heavy atom. The second-order valence-corrected chi connectivity index (χ2v) is 6.89. The minimum atomic E-state index is -0.298. The third-order valence-corrected chi connectivity index (χ3v) is 4.97. The molecule has 1 heterocycles. The maximum absolute atomic E-state index is 12.0. The highest BCUT2D eigenvalue weighted by atomic mass is 16.5. The van der Waals surface area contributed by atoms with Gasteiger partial charge in [-0.15, -0.1) is 0 Å². The Balaban J connectivity index is 1.46. The van der Waals surface area contributed by atoms with Gasteiger partial charge in [0.1, 0.15) is 5.75 Å². The van der Waals surface area contributed by atoms with Gasteiger partial charge in [0, 0.05) is 28.4 Å². The summed E-state index contributed by atoms with van der Waals surface area (Å²) in [6.45, 7) is 4.92. The van der Waals surface area contributed by atoms with Gasteiger partial charge in [0.25, 0.3) is 5.91 Å². The van der Waals surface area contributed by atoms with E-state index in [1.165, 1.54) is 21.8 Å². The van der Waals surface area contributed by atoms with Crippen molar-refractivity contribution < 1.29 is 9.53 Å². The van der Waals surface area contributed by atoms with Crippen molar-refractivity contribution >= 4 is 33.9 Å². The molecule has 1 N–H and O–H groups in total. The summed E-state index contributed by atoms with van der Waals surface area (Å²) < 4.78 is 7.84. The molecule has 1 amide bonds. The minimum Gasteiger partial charge on any atom is -0.483 e. The van der Waals surface area contributed by atoms with Gasteiger partial charge in [-0.3, -0.25) is 4.79 Å². The lowest BCUT2D eigenvalue weighted by Crippen LogP contribution is -2.24. The molecule has 5 nitrogen and oxygen atoms in total. The topological polar surface area (TPSA) is 55.6 Å². The van der Waals surface area contributed by atoms with E-state index < -0.39 is 0 Å². The quantitative estimate of drug-likeness (QED) is 0.388. The van der Waals surface area contributed by atoms with Crippen molar-refractivity contribution in [1.29, 1.82) is 0 Å². The molecule has 29 heavy (non-hydrogen) atoms. The molecule has 0 aliphatic rings. The molecule has 0 spiro atoms. The van der Waals surface area contributed by atoms with Gasteiger partial charge in [0.2, 0.25) is 0 Å². The Bertz CT molecular complexity index is 1210. The lowest BCUT2D eigenvalue weighted by molar-refractivity contribution is -0.123. The number of hydrazone groups is 1. The van der Waals surface area contributed by atoms with Crippen LogP contribution in [0.4, 0.5) is 0 Å². The summed E-state index contributed by atoms with van der Waals surface area (Å²) in [6.07, 6.45) is 1.66. The average molecular weight is 385 g/mol. The zero-order valence-corrected chi connectivity index (χ0v) is 16.6. The Kier molecular flexibility index (Phi) is 5.29. The highest BCUT2D eigenvalue weighted by Gasteiger charge is 2.09. The molecule has 4 aromatic rings. The van der Waals surface area contributed by atoms with Gasteiger partial charge < -0.3 is 9.30 Å². The van der Waals surface area contributed by atoms with E-state index in [0.717, 1.165) is 17.7 Å². The molecule has 0 atom stereocenters. The number of hydrogen-bond donors (Lipinski definition) is 1. The molecule has 3 aromatic carbocycles. The molecule has 0 saturated carbocycles. The average Bonchev–Trinajstić information content (AvgIpc) is 3.06. The van der Waals surface area contributed by atoms with Gasteiger partial charge in [-0.2, -0.15) is 5.10 Å². The number of hydrogen-bond acceptors (Lipinski definition) is 3. The molecule has 5 heteroatoms. The van der Waals surface area contributed by atoms with Crippen LogP contribution in [-0.2, 0) is 11.3 Å². The predicted octanol–water partition coefficient (Wildman–Crippen LogP) is 4.65. The smallest absolute Gasteiger partial charge is 0.277 e. The first-order valence-electron chi connectivity index (χ1n) is 9.68. The lowest BCUT2D eigenvalue weighted by atomic mass is 10.1. The second-order valence-electron chi connectivity index (χ2n) is 6.89. The van der Waals surface area contributed by atoms with Crippen molar-refractivity contribution in [3.63, 3.8) is 0 Å². The molecule has 0 bridgehead atoms. The van der Waals surface area contributed by atoms with E-state index in [4.69, 9.17) is 4.74 Å². The maximum Gasteiger partial charge on any atom is 0.277 e. The van der Waals surface area contributed by atoms with E-state index in [-0.39, 0.29) is 12.5 Å². The fraction of sp³-hybridized carbons (Fsp3) is 0.167. The summed E-state index contributed by atoms with van der Waals surface area (Å²) in [5, 5.41) is 6.48. The molecule has 0 fully saturated rings. The summed E-state index contributed by atoms with van der Waals surface area (Å²) in [5.41, 5.74) is 6.86. The van der Waals surface area contributed by atoms with Crippen LogP contribution in [0.3, 0.4) is 0 Å². The van der Waals surface area contributed by atoms with E-state index in [1.807, 2.05) is 37.3 Å². The second kappa shape index (κ2) is 8.19. The van der Waals surface area contributed by atoms with Gasteiger partial charge in [0.15, 0.2) is 6.61 Å². The molecular formula is C24H23N3O2. The van der Waals surface area contributed by atoms with Crippen molar-refractivity contribution in [3.8, 4) is 5.75 Å². The molecule has 146 valence electrons. The molecule has 0 saturated heterocycles. The Morgan fingerprint density at radius 1 is 1.03 bits per heavy atom.